The third-order valence-electron chi connectivity index (χ3n) is 5.33. The molecule has 0 bridgehead atoms. The van der Waals surface area contributed by atoms with Crippen molar-refractivity contribution in [3.8, 4) is 0 Å². The SMILES string of the molecule is CCc1ccc(NC(=O)c2sc3nc4c(cc3c2N)CCCCCC4)cc1. The molecule has 4 rings (SSSR count). The molecular formula is C22H25N3OS. The van der Waals surface area contributed by atoms with Crippen molar-refractivity contribution in [1.82, 2.24) is 4.98 Å². The number of rotatable bonds is 3. The van der Waals surface area contributed by atoms with E-state index in [4.69, 9.17) is 10.7 Å². The molecule has 5 heteroatoms. The normalized spacial score (nSPS) is 14.4. The van der Waals surface area contributed by atoms with Crippen molar-refractivity contribution in [2.45, 2.75) is 51.9 Å². The van der Waals surface area contributed by atoms with Gasteiger partial charge in [0.25, 0.3) is 5.91 Å². The monoisotopic (exact) mass is 379 g/mol. The molecule has 0 fully saturated rings. The number of benzene rings is 1. The number of fused-ring (bicyclic) bond motifs is 2. The minimum Gasteiger partial charge on any atom is -0.397 e. The molecule has 0 atom stereocenters. The van der Waals surface area contributed by atoms with Crippen LogP contribution in [-0.2, 0) is 19.3 Å². The molecule has 0 radical (unpaired) electrons. The molecule has 2 aromatic heterocycles. The smallest absolute Gasteiger partial charge is 0.267 e. The van der Waals surface area contributed by atoms with Crippen LogP contribution >= 0.6 is 11.3 Å². The van der Waals surface area contributed by atoms with E-state index in [0.717, 1.165) is 35.2 Å². The predicted octanol–water partition coefficient (Wildman–Crippen LogP) is 5.35. The Morgan fingerprint density at radius 2 is 1.89 bits per heavy atom. The summed E-state index contributed by atoms with van der Waals surface area (Å²) < 4.78 is 0. The largest absolute Gasteiger partial charge is 0.397 e. The van der Waals surface area contributed by atoms with Crippen LogP contribution in [0.25, 0.3) is 10.2 Å². The van der Waals surface area contributed by atoms with Crippen LogP contribution in [0.1, 0.15) is 59.1 Å². The lowest BCUT2D eigenvalue weighted by Crippen LogP contribution is -2.11. The summed E-state index contributed by atoms with van der Waals surface area (Å²) >= 11 is 1.40. The van der Waals surface area contributed by atoms with Gasteiger partial charge in [-0.2, -0.15) is 0 Å². The molecule has 1 aromatic carbocycles. The Balaban J connectivity index is 1.64. The van der Waals surface area contributed by atoms with Gasteiger partial charge in [-0.1, -0.05) is 31.9 Å². The van der Waals surface area contributed by atoms with Gasteiger partial charge in [-0.25, -0.2) is 4.98 Å². The van der Waals surface area contributed by atoms with Gasteiger partial charge in [0.1, 0.15) is 9.71 Å². The van der Waals surface area contributed by atoms with E-state index in [1.807, 2.05) is 24.3 Å². The first kappa shape index (κ1) is 18.0. The average molecular weight is 380 g/mol. The maximum Gasteiger partial charge on any atom is 0.267 e. The highest BCUT2D eigenvalue weighted by Crippen LogP contribution is 2.35. The van der Waals surface area contributed by atoms with Gasteiger partial charge in [0, 0.05) is 16.8 Å². The van der Waals surface area contributed by atoms with E-state index in [1.54, 1.807) is 0 Å². The number of hydrogen-bond acceptors (Lipinski definition) is 4. The maximum atomic E-state index is 12.8. The van der Waals surface area contributed by atoms with Crippen LogP contribution in [0.5, 0.6) is 0 Å². The lowest BCUT2D eigenvalue weighted by atomic mass is 9.96. The van der Waals surface area contributed by atoms with E-state index < -0.39 is 0 Å². The number of aryl methyl sites for hydroxylation is 3. The van der Waals surface area contributed by atoms with Crippen molar-refractivity contribution in [2.24, 2.45) is 0 Å². The number of hydrogen-bond donors (Lipinski definition) is 2. The van der Waals surface area contributed by atoms with Crippen LogP contribution in [-0.4, -0.2) is 10.9 Å². The molecule has 2 heterocycles. The Bertz CT molecular complexity index is 975. The number of nitrogens with one attached hydrogen (secondary N) is 1. The van der Waals surface area contributed by atoms with Gasteiger partial charge in [-0.05, 0) is 61.4 Å². The highest BCUT2D eigenvalue weighted by atomic mass is 32.1. The zero-order valence-corrected chi connectivity index (χ0v) is 16.5. The van der Waals surface area contributed by atoms with Crippen LogP contribution in [0, 0.1) is 0 Å². The summed E-state index contributed by atoms with van der Waals surface area (Å²) in [5, 5.41) is 3.89. The standard InChI is InChI=1S/C22H25N3OS/c1-2-14-9-11-16(12-10-14)24-21(26)20-19(23)17-13-15-7-5-3-4-6-8-18(15)25-22(17)27-20/h9-13H,2-8,23H2,1H3,(H,24,26). The van der Waals surface area contributed by atoms with Gasteiger partial charge in [0.05, 0.1) is 5.69 Å². The molecule has 1 amide bonds. The highest BCUT2D eigenvalue weighted by molar-refractivity contribution is 7.21. The second-order valence-corrected chi connectivity index (χ2v) is 8.21. The molecule has 0 spiro atoms. The number of amides is 1. The quantitative estimate of drug-likeness (QED) is 0.644. The Kier molecular flexibility index (Phi) is 5.12. The molecule has 1 aliphatic carbocycles. The number of carbonyl (C=O) groups excluding carboxylic acids is 1. The van der Waals surface area contributed by atoms with Crippen molar-refractivity contribution < 1.29 is 4.79 Å². The number of anilines is 2. The van der Waals surface area contributed by atoms with Crippen molar-refractivity contribution in [3.63, 3.8) is 0 Å². The van der Waals surface area contributed by atoms with E-state index in [2.05, 4.69) is 18.3 Å². The van der Waals surface area contributed by atoms with Gasteiger partial charge in [-0.3, -0.25) is 4.79 Å². The summed E-state index contributed by atoms with van der Waals surface area (Å²) in [6.07, 6.45) is 8.00. The summed E-state index contributed by atoms with van der Waals surface area (Å²) in [5.41, 5.74) is 11.4. The summed E-state index contributed by atoms with van der Waals surface area (Å²) in [6.45, 7) is 2.11. The van der Waals surface area contributed by atoms with Crippen LogP contribution in [0.2, 0.25) is 0 Å². The Labute approximate surface area is 163 Å². The number of nitrogens with two attached hydrogens (primary N) is 1. The van der Waals surface area contributed by atoms with E-state index in [0.29, 0.717) is 10.6 Å². The molecular weight excluding hydrogens is 354 g/mol. The summed E-state index contributed by atoms with van der Waals surface area (Å²) in [6, 6.07) is 10.1. The third-order valence-corrected chi connectivity index (χ3v) is 6.44. The van der Waals surface area contributed by atoms with E-state index in [1.165, 1.54) is 53.8 Å². The Hall–Kier alpha value is -2.40. The minimum atomic E-state index is -0.160. The molecule has 1 aliphatic rings. The van der Waals surface area contributed by atoms with Gasteiger partial charge < -0.3 is 11.1 Å². The highest BCUT2D eigenvalue weighted by Gasteiger charge is 2.20. The zero-order valence-electron chi connectivity index (χ0n) is 15.7. The van der Waals surface area contributed by atoms with E-state index in [-0.39, 0.29) is 5.91 Å². The Morgan fingerprint density at radius 1 is 1.15 bits per heavy atom. The van der Waals surface area contributed by atoms with Crippen molar-refractivity contribution in [1.29, 1.82) is 0 Å². The third kappa shape index (κ3) is 3.69. The molecule has 0 aliphatic heterocycles. The fourth-order valence-corrected chi connectivity index (χ4v) is 4.68. The fraction of sp³-hybridized carbons (Fsp3) is 0.364. The van der Waals surface area contributed by atoms with Crippen molar-refractivity contribution >= 4 is 38.8 Å². The molecule has 140 valence electrons. The first-order valence-electron chi connectivity index (χ1n) is 9.76. The lowest BCUT2D eigenvalue weighted by Gasteiger charge is -2.12. The molecule has 0 unspecified atom stereocenters. The fourth-order valence-electron chi connectivity index (χ4n) is 3.69. The molecule has 3 aromatic rings. The molecule has 3 N–H and O–H groups in total. The number of carbonyl (C=O) groups is 1. The number of nitrogen functional groups attached to an aromatic ring is 1. The topological polar surface area (TPSA) is 68.0 Å². The molecule has 4 nitrogen and oxygen atoms in total. The van der Waals surface area contributed by atoms with Gasteiger partial charge in [-0.15, -0.1) is 11.3 Å². The maximum absolute atomic E-state index is 12.8. The second kappa shape index (κ2) is 7.69. The second-order valence-electron chi connectivity index (χ2n) is 7.21. The molecule has 0 saturated heterocycles. The molecule has 0 saturated carbocycles. The van der Waals surface area contributed by atoms with Crippen LogP contribution in [0.15, 0.2) is 30.3 Å². The number of pyridine rings is 1. The predicted molar refractivity (Wildman–Crippen MR) is 114 cm³/mol. The lowest BCUT2D eigenvalue weighted by molar-refractivity contribution is 0.103. The van der Waals surface area contributed by atoms with Crippen LogP contribution in [0.4, 0.5) is 11.4 Å². The van der Waals surface area contributed by atoms with E-state index in [9.17, 15) is 4.79 Å². The van der Waals surface area contributed by atoms with Crippen molar-refractivity contribution in [2.75, 3.05) is 11.1 Å². The summed E-state index contributed by atoms with van der Waals surface area (Å²) in [7, 11) is 0. The number of aromatic nitrogens is 1. The first-order valence-corrected chi connectivity index (χ1v) is 10.6. The van der Waals surface area contributed by atoms with Gasteiger partial charge in [0.15, 0.2) is 0 Å². The van der Waals surface area contributed by atoms with Gasteiger partial charge >= 0.3 is 0 Å². The number of nitrogens with zero attached hydrogens (tertiary/aromatic N) is 1. The van der Waals surface area contributed by atoms with Crippen LogP contribution < -0.4 is 11.1 Å². The van der Waals surface area contributed by atoms with Gasteiger partial charge in [0.2, 0.25) is 0 Å². The minimum absolute atomic E-state index is 0.160. The number of thiophene rings is 1. The van der Waals surface area contributed by atoms with E-state index >= 15 is 0 Å². The average Bonchev–Trinajstić information content (AvgIpc) is 2.98. The summed E-state index contributed by atoms with van der Waals surface area (Å²) in [4.78, 5) is 19.1. The summed E-state index contributed by atoms with van der Waals surface area (Å²) in [5.74, 6) is -0.160. The first-order chi connectivity index (χ1) is 13.2. The van der Waals surface area contributed by atoms with Crippen LogP contribution in [0.3, 0.4) is 0 Å². The van der Waals surface area contributed by atoms with Crippen molar-refractivity contribution in [3.05, 3.63) is 52.0 Å². The molecule has 27 heavy (non-hydrogen) atoms. The zero-order chi connectivity index (χ0) is 18.8. The Morgan fingerprint density at radius 3 is 2.63 bits per heavy atom.